The number of hydrogen-bond donors (Lipinski definition) is 1. The minimum atomic E-state index is -0.892. The molecule has 1 N–H and O–H groups in total. The SMILES string of the molecule is CCN(CC(C)=CC(=O)O)c1cccc2ccccc12. The standard InChI is InChI=1S/C17H19NO2/c1-3-18(12-13(2)11-17(19)20)16-10-6-8-14-7-4-5-9-15(14)16/h4-11H,3,12H2,1-2H3,(H,19,20). The Labute approximate surface area is 119 Å². The van der Waals surface area contributed by atoms with Crippen LogP contribution in [0.4, 0.5) is 5.69 Å². The first-order valence-electron chi connectivity index (χ1n) is 6.74. The summed E-state index contributed by atoms with van der Waals surface area (Å²) in [6.07, 6.45) is 1.27. The fourth-order valence-electron chi connectivity index (χ4n) is 2.41. The van der Waals surface area contributed by atoms with Crippen molar-refractivity contribution < 1.29 is 9.90 Å². The van der Waals surface area contributed by atoms with Gasteiger partial charge in [-0.2, -0.15) is 0 Å². The van der Waals surface area contributed by atoms with Crippen molar-refractivity contribution in [2.45, 2.75) is 13.8 Å². The fourth-order valence-corrected chi connectivity index (χ4v) is 2.41. The first-order chi connectivity index (χ1) is 9.61. The smallest absolute Gasteiger partial charge is 0.328 e. The van der Waals surface area contributed by atoms with Gasteiger partial charge in [-0.25, -0.2) is 4.79 Å². The number of fused-ring (bicyclic) bond motifs is 1. The van der Waals surface area contributed by atoms with Crippen LogP contribution in [0.3, 0.4) is 0 Å². The maximum Gasteiger partial charge on any atom is 0.328 e. The summed E-state index contributed by atoms with van der Waals surface area (Å²) < 4.78 is 0. The summed E-state index contributed by atoms with van der Waals surface area (Å²) in [6.45, 7) is 5.38. The molecule has 20 heavy (non-hydrogen) atoms. The maximum atomic E-state index is 10.7. The summed E-state index contributed by atoms with van der Waals surface area (Å²) >= 11 is 0. The Kier molecular flexibility index (Phi) is 4.41. The Morgan fingerprint density at radius 1 is 1.20 bits per heavy atom. The van der Waals surface area contributed by atoms with Crippen LogP contribution in [-0.4, -0.2) is 24.2 Å². The molecule has 0 heterocycles. The Bertz CT molecular complexity index is 641. The summed E-state index contributed by atoms with van der Waals surface area (Å²) in [5.41, 5.74) is 1.98. The number of benzene rings is 2. The summed E-state index contributed by atoms with van der Waals surface area (Å²) in [7, 11) is 0. The van der Waals surface area contributed by atoms with E-state index in [1.54, 1.807) is 0 Å². The molecule has 2 rings (SSSR count). The van der Waals surface area contributed by atoms with Gasteiger partial charge in [-0.15, -0.1) is 0 Å². The number of hydrogen-bond acceptors (Lipinski definition) is 2. The summed E-state index contributed by atoms with van der Waals surface area (Å²) in [6, 6.07) is 14.5. The normalized spacial score (nSPS) is 11.6. The molecule has 0 amide bonds. The number of anilines is 1. The van der Waals surface area contributed by atoms with E-state index in [1.807, 2.05) is 25.1 Å². The molecule has 0 atom stereocenters. The number of nitrogens with zero attached hydrogens (tertiary/aromatic N) is 1. The highest BCUT2D eigenvalue weighted by atomic mass is 16.4. The van der Waals surface area contributed by atoms with Crippen LogP contribution in [0.5, 0.6) is 0 Å². The molecule has 0 saturated heterocycles. The largest absolute Gasteiger partial charge is 0.478 e. The van der Waals surface area contributed by atoms with E-state index in [0.717, 1.165) is 17.8 Å². The number of carboxylic acid groups (broad SMARTS) is 1. The second kappa shape index (κ2) is 6.24. The summed E-state index contributed by atoms with van der Waals surface area (Å²) in [4.78, 5) is 12.9. The topological polar surface area (TPSA) is 40.5 Å². The number of rotatable bonds is 5. The van der Waals surface area contributed by atoms with Gasteiger partial charge in [-0.1, -0.05) is 36.4 Å². The van der Waals surface area contributed by atoms with Crippen LogP contribution in [-0.2, 0) is 4.79 Å². The number of carboxylic acids is 1. The summed E-state index contributed by atoms with van der Waals surface area (Å²) in [5, 5.41) is 11.2. The van der Waals surface area contributed by atoms with Crippen LogP contribution in [0.1, 0.15) is 13.8 Å². The lowest BCUT2D eigenvalue weighted by atomic mass is 10.1. The molecule has 3 nitrogen and oxygen atoms in total. The zero-order chi connectivity index (χ0) is 14.5. The van der Waals surface area contributed by atoms with E-state index in [-0.39, 0.29) is 0 Å². The predicted molar refractivity (Wildman–Crippen MR) is 83.2 cm³/mol. The maximum absolute atomic E-state index is 10.7. The fraction of sp³-hybridized carbons (Fsp3) is 0.235. The van der Waals surface area contributed by atoms with E-state index < -0.39 is 5.97 Å². The molecule has 2 aromatic carbocycles. The number of carbonyl (C=O) groups is 1. The van der Waals surface area contributed by atoms with Crippen molar-refractivity contribution >= 4 is 22.4 Å². The van der Waals surface area contributed by atoms with Crippen LogP contribution in [0.2, 0.25) is 0 Å². The third kappa shape index (κ3) is 3.18. The summed E-state index contributed by atoms with van der Waals surface area (Å²) in [5.74, 6) is -0.892. The average Bonchev–Trinajstić information content (AvgIpc) is 2.43. The van der Waals surface area contributed by atoms with Crippen molar-refractivity contribution in [3.63, 3.8) is 0 Å². The molecule has 0 spiro atoms. The third-order valence-corrected chi connectivity index (χ3v) is 3.30. The van der Waals surface area contributed by atoms with Crippen LogP contribution in [0.25, 0.3) is 10.8 Å². The van der Waals surface area contributed by atoms with Crippen LogP contribution in [0.15, 0.2) is 54.1 Å². The Hall–Kier alpha value is -2.29. The van der Waals surface area contributed by atoms with Gasteiger partial charge in [0.2, 0.25) is 0 Å². The lowest BCUT2D eigenvalue weighted by Crippen LogP contribution is -2.25. The van der Waals surface area contributed by atoms with Crippen LogP contribution in [0, 0.1) is 0 Å². The van der Waals surface area contributed by atoms with Gasteiger partial charge in [0.15, 0.2) is 0 Å². The molecule has 104 valence electrons. The van der Waals surface area contributed by atoms with E-state index in [1.165, 1.54) is 16.8 Å². The molecule has 0 fully saturated rings. The Balaban J connectivity index is 2.37. The molecule has 0 radical (unpaired) electrons. The van der Waals surface area contributed by atoms with E-state index >= 15 is 0 Å². The Morgan fingerprint density at radius 3 is 2.60 bits per heavy atom. The number of aliphatic carboxylic acids is 1. The zero-order valence-corrected chi connectivity index (χ0v) is 11.8. The third-order valence-electron chi connectivity index (χ3n) is 3.30. The monoisotopic (exact) mass is 269 g/mol. The first-order valence-corrected chi connectivity index (χ1v) is 6.74. The molecular weight excluding hydrogens is 250 g/mol. The molecule has 0 aliphatic carbocycles. The van der Waals surface area contributed by atoms with E-state index in [0.29, 0.717) is 6.54 Å². The molecule has 0 aliphatic rings. The average molecular weight is 269 g/mol. The minimum absolute atomic E-state index is 0.622. The van der Waals surface area contributed by atoms with E-state index in [2.05, 4.69) is 36.1 Å². The van der Waals surface area contributed by atoms with Gasteiger partial charge in [-0.3, -0.25) is 0 Å². The number of likely N-dealkylation sites (N-methyl/N-ethyl adjacent to an activating group) is 1. The Morgan fingerprint density at radius 2 is 1.90 bits per heavy atom. The molecule has 0 aromatic heterocycles. The van der Waals surface area contributed by atoms with Gasteiger partial charge in [0, 0.05) is 30.2 Å². The highest BCUT2D eigenvalue weighted by Crippen LogP contribution is 2.27. The molecular formula is C17H19NO2. The van der Waals surface area contributed by atoms with Crippen molar-refractivity contribution in [2.24, 2.45) is 0 Å². The van der Waals surface area contributed by atoms with Gasteiger partial charge in [0.05, 0.1) is 0 Å². The highest BCUT2D eigenvalue weighted by molar-refractivity contribution is 5.94. The van der Waals surface area contributed by atoms with Gasteiger partial charge in [0.25, 0.3) is 0 Å². The first kappa shape index (κ1) is 14.1. The second-order valence-corrected chi connectivity index (χ2v) is 4.84. The van der Waals surface area contributed by atoms with Crippen molar-refractivity contribution in [1.29, 1.82) is 0 Å². The zero-order valence-electron chi connectivity index (χ0n) is 11.8. The van der Waals surface area contributed by atoms with Crippen molar-refractivity contribution in [2.75, 3.05) is 18.0 Å². The molecule has 3 heteroatoms. The highest BCUT2D eigenvalue weighted by Gasteiger charge is 2.09. The lowest BCUT2D eigenvalue weighted by Gasteiger charge is -2.25. The second-order valence-electron chi connectivity index (χ2n) is 4.84. The minimum Gasteiger partial charge on any atom is -0.478 e. The van der Waals surface area contributed by atoms with Gasteiger partial charge in [-0.05, 0) is 30.9 Å². The molecule has 2 aromatic rings. The van der Waals surface area contributed by atoms with Gasteiger partial charge < -0.3 is 10.0 Å². The lowest BCUT2D eigenvalue weighted by molar-refractivity contribution is -0.131. The van der Waals surface area contributed by atoms with Crippen molar-refractivity contribution in [1.82, 2.24) is 0 Å². The molecule has 0 saturated carbocycles. The van der Waals surface area contributed by atoms with Crippen molar-refractivity contribution in [3.05, 3.63) is 54.1 Å². The van der Waals surface area contributed by atoms with Crippen LogP contribution >= 0.6 is 0 Å². The quantitative estimate of drug-likeness (QED) is 0.841. The van der Waals surface area contributed by atoms with E-state index in [4.69, 9.17) is 5.11 Å². The van der Waals surface area contributed by atoms with Gasteiger partial charge >= 0.3 is 5.97 Å². The van der Waals surface area contributed by atoms with Gasteiger partial charge in [0.1, 0.15) is 0 Å². The molecule has 0 unspecified atom stereocenters. The molecule has 0 aliphatic heterocycles. The van der Waals surface area contributed by atoms with E-state index in [9.17, 15) is 4.79 Å². The predicted octanol–water partition coefficient (Wildman–Crippen LogP) is 3.70. The molecule has 0 bridgehead atoms. The van der Waals surface area contributed by atoms with Crippen LogP contribution < -0.4 is 4.90 Å². The van der Waals surface area contributed by atoms with Crippen molar-refractivity contribution in [3.8, 4) is 0 Å².